The number of nitrogens with one attached hydrogen (secondary N) is 1. The van der Waals surface area contributed by atoms with Crippen molar-refractivity contribution in [3.63, 3.8) is 0 Å². The van der Waals surface area contributed by atoms with Gasteiger partial charge in [0.15, 0.2) is 0 Å². The third kappa shape index (κ3) is 7.77. The van der Waals surface area contributed by atoms with E-state index in [2.05, 4.69) is 38.0 Å². The van der Waals surface area contributed by atoms with Crippen LogP contribution in [0.25, 0.3) is 0 Å². The summed E-state index contributed by atoms with van der Waals surface area (Å²) in [4.78, 5) is 2.52. The van der Waals surface area contributed by atoms with E-state index in [4.69, 9.17) is 0 Å². The lowest BCUT2D eigenvalue weighted by Gasteiger charge is -2.16. The highest BCUT2D eigenvalue weighted by atomic mass is 15.1. The highest BCUT2D eigenvalue weighted by Crippen LogP contribution is 2.37. The van der Waals surface area contributed by atoms with Crippen LogP contribution in [0.5, 0.6) is 0 Å². The van der Waals surface area contributed by atoms with E-state index in [1.54, 1.807) is 0 Å². The van der Waals surface area contributed by atoms with Crippen LogP contribution in [0.15, 0.2) is 0 Å². The number of nitrogens with zero attached hydrogens (tertiary/aromatic N) is 1. The minimum atomic E-state index is 0.779. The van der Waals surface area contributed by atoms with Gasteiger partial charge in [0.05, 0.1) is 0 Å². The summed E-state index contributed by atoms with van der Waals surface area (Å²) in [7, 11) is 2.28. The van der Waals surface area contributed by atoms with Crippen LogP contribution in [0.3, 0.4) is 0 Å². The first-order chi connectivity index (χ1) is 8.09. The summed E-state index contributed by atoms with van der Waals surface area (Å²) in [5.74, 6) is 2.78. The Morgan fingerprint density at radius 1 is 1.24 bits per heavy atom. The van der Waals surface area contributed by atoms with E-state index < -0.39 is 0 Å². The summed E-state index contributed by atoms with van der Waals surface area (Å²) >= 11 is 0. The SMILES string of the molecule is CC(C)CNCCCCCN(C)CC1CC1C. The molecule has 0 bridgehead atoms. The second kappa shape index (κ2) is 8.10. The Hall–Kier alpha value is -0.0800. The highest BCUT2D eigenvalue weighted by Gasteiger charge is 2.32. The summed E-state index contributed by atoms with van der Waals surface area (Å²) in [5, 5.41) is 3.51. The fourth-order valence-electron chi connectivity index (χ4n) is 2.34. The molecule has 1 aliphatic carbocycles. The van der Waals surface area contributed by atoms with Gasteiger partial charge in [0, 0.05) is 6.54 Å². The fraction of sp³-hybridized carbons (Fsp3) is 1.00. The van der Waals surface area contributed by atoms with Gasteiger partial charge in [0.25, 0.3) is 0 Å². The Morgan fingerprint density at radius 3 is 2.53 bits per heavy atom. The normalized spacial score (nSPS) is 23.6. The third-order valence-electron chi connectivity index (χ3n) is 3.77. The van der Waals surface area contributed by atoms with E-state index in [0.29, 0.717) is 0 Å². The molecule has 2 nitrogen and oxygen atoms in total. The van der Waals surface area contributed by atoms with Crippen molar-refractivity contribution in [1.29, 1.82) is 0 Å². The van der Waals surface area contributed by atoms with Crippen molar-refractivity contribution in [2.24, 2.45) is 17.8 Å². The maximum absolute atomic E-state index is 3.51. The molecular weight excluding hydrogens is 208 g/mol. The van der Waals surface area contributed by atoms with Gasteiger partial charge in [-0.05, 0) is 63.7 Å². The molecule has 1 N–H and O–H groups in total. The molecule has 2 heteroatoms. The molecule has 102 valence electrons. The summed E-state index contributed by atoms with van der Waals surface area (Å²) in [6, 6.07) is 0. The lowest BCUT2D eigenvalue weighted by atomic mass is 10.2. The van der Waals surface area contributed by atoms with Gasteiger partial charge in [-0.2, -0.15) is 0 Å². The molecule has 0 aromatic rings. The van der Waals surface area contributed by atoms with Gasteiger partial charge in [0.1, 0.15) is 0 Å². The molecule has 2 atom stereocenters. The molecule has 0 heterocycles. The number of hydrogen-bond donors (Lipinski definition) is 1. The predicted octanol–water partition coefficient (Wildman–Crippen LogP) is 2.99. The van der Waals surface area contributed by atoms with Gasteiger partial charge >= 0.3 is 0 Å². The predicted molar refractivity (Wildman–Crippen MR) is 76.3 cm³/mol. The average molecular weight is 240 g/mol. The van der Waals surface area contributed by atoms with Crippen LogP contribution in [0.2, 0.25) is 0 Å². The molecule has 0 saturated heterocycles. The lowest BCUT2D eigenvalue weighted by Crippen LogP contribution is -2.23. The van der Waals surface area contributed by atoms with Crippen molar-refractivity contribution >= 4 is 0 Å². The van der Waals surface area contributed by atoms with Gasteiger partial charge in [-0.25, -0.2) is 0 Å². The van der Waals surface area contributed by atoms with Crippen LogP contribution in [0, 0.1) is 17.8 Å². The van der Waals surface area contributed by atoms with Gasteiger partial charge in [-0.3, -0.25) is 0 Å². The van der Waals surface area contributed by atoms with Gasteiger partial charge < -0.3 is 10.2 Å². The number of hydrogen-bond acceptors (Lipinski definition) is 2. The van der Waals surface area contributed by atoms with Crippen LogP contribution in [-0.4, -0.2) is 38.1 Å². The molecule has 0 amide bonds. The smallest absolute Gasteiger partial charge is 0.000926 e. The molecule has 1 saturated carbocycles. The first kappa shape index (κ1) is 15.0. The van der Waals surface area contributed by atoms with Crippen LogP contribution < -0.4 is 5.32 Å². The average Bonchev–Trinajstić information content (AvgIpc) is 2.92. The summed E-state index contributed by atoms with van der Waals surface area (Å²) in [6.07, 6.45) is 5.53. The van der Waals surface area contributed by atoms with Gasteiger partial charge in [0.2, 0.25) is 0 Å². The molecule has 0 aromatic carbocycles. The van der Waals surface area contributed by atoms with Crippen LogP contribution in [-0.2, 0) is 0 Å². The van der Waals surface area contributed by atoms with Crippen molar-refractivity contribution in [2.45, 2.75) is 46.5 Å². The maximum atomic E-state index is 3.51. The zero-order valence-corrected chi connectivity index (χ0v) is 12.3. The second-order valence-corrected chi connectivity index (χ2v) is 6.39. The van der Waals surface area contributed by atoms with Crippen LogP contribution in [0.1, 0.15) is 46.5 Å². The van der Waals surface area contributed by atoms with E-state index in [9.17, 15) is 0 Å². The standard InChI is InChI=1S/C15H32N2/c1-13(2)11-16-8-6-5-7-9-17(4)12-15-10-14(15)3/h13-16H,5-12H2,1-4H3. The Balaban J connectivity index is 1.80. The molecule has 0 radical (unpaired) electrons. The summed E-state index contributed by atoms with van der Waals surface area (Å²) < 4.78 is 0. The number of rotatable bonds is 10. The Kier molecular flexibility index (Phi) is 7.14. The molecule has 0 aliphatic heterocycles. The quantitative estimate of drug-likeness (QED) is 0.591. The molecule has 2 unspecified atom stereocenters. The third-order valence-corrected chi connectivity index (χ3v) is 3.77. The molecule has 1 fully saturated rings. The molecule has 0 aromatic heterocycles. The van der Waals surface area contributed by atoms with Crippen LogP contribution in [0.4, 0.5) is 0 Å². The number of unbranched alkanes of at least 4 members (excludes halogenated alkanes) is 2. The minimum Gasteiger partial charge on any atom is -0.316 e. The van der Waals surface area contributed by atoms with E-state index in [1.807, 2.05) is 0 Å². The van der Waals surface area contributed by atoms with Crippen molar-refractivity contribution < 1.29 is 0 Å². The van der Waals surface area contributed by atoms with E-state index in [1.165, 1.54) is 51.9 Å². The molecule has 1 aliphatic rings. The first-order valence-corrected chi connectivity index (χ1v) is 7.49. The summed E-state index contributed by atoms with van der Waals surface area (Å²) in [6.45, 7) is 11.9. The molecule has 1 rings (SSSR count). The Labute approximate surface area is 108 Å². The highest BCUT2D eigenvalue weighted by molar-refractivity contribution is 4.84. The van der Waals surface area contributed by atoms with Gasteiger partial charge in [-0.15, -0.1) is 0 Å². The van der Waals surface area contributed by atoms with Crippen molar-refractivity contribution in [2.75, 3.05) is 33.2 Å². The fourth-order valence-corrected chi connectivity index (χ4v) is 2.34. The lowest BCUT2D eigenvalue weighted by molar-refractivity contribution is 0.306. The van der Waals surface area contributed by atoms with E-state index >= 15 is 0 Å². The monoisotopic (exact) mass is 240 g/mol. The first-order valence-electron chi connectivity index (χ1n) is 7.49. The summed E-state index contributed by atoms with van der Waals surface area (Å²) in [5.41, 5.74) is 0. The minimum absolute atomic E-state index is 0.779. The van der Waals surface area contributed by atoms with Crippen molar-refractivity contribution in [3.05, 3.63) is 0 Å². The maximum Gasteiger partial charge on any atom is 0.000926 e. The zero-order chi connectivity index (χ0) is 12.7. The zero-order valence-electron chi connectivity index (χ0n) is 12.3. The molecular formula is C15H32N2. The van der Waals surface area contributed by atoms with Crippen molar-refractivity contribution in [3.8, 4) is 0 Å². The Morgan fingerprint density at radius 2 is 1.94 bits per heavy atom. The van der Waals surface area contributed by atoms with E-state index in [0.717, 1.165) is 17.8 Å². The largest absolute Gasteiger partial charge is 0.316 e. The van der Waals surface area contributed by atoms with E-state index in [-0.39, 0.29) is 0 Å². The second-order valence-electron chi connectivity index (χ2n) is 6.39. The topological polar surface area (TPSA) is 15.3 Å². The van der Waals surface area contributed by atoms with Crippen molar-refractivity contribution in [1.82, 2.24) is 10.2 Å². The van der Waals surface area contributed by atoms with Gasteiger partial charge in [-0.1, -0.05) is 27.2 Å². The Bertz CT molecular complexity index is 191. The van der Waals surface area contributed by atoms with Crippen LogP contribution >= 0.6 is 0 Å². The molecule has 0 spiro atoms. The molecule has 17 heavy (non-hydrogen) atoms.